The summed E-state index contributed by atoms with van der Waals surface area (Å²) in [7, 11) is 0. The van der Waals surface area contributed by atoms with Crippen LogP contribution in [0.4, 0.5) is 62.4 Å². The molecule has 45 nitrogen and oxygen atoms in total. The maximum absolute atomic E-state index is 12.9. The Morgan fingerprint density at radius 3 is 1.28 bits per heavy atom. The van der Waals surface area contributed by atoms with Crippen LogP contribution in [0.15, 0.2) is 128 Å². The van der Waals surface area contributed by atoms with Gasteiger partial charge in [0, 0.05) is 109 Å². The summed E-state index contributed by atoms with van der Waals surface area (Å²) in [5, 5.41) is 9.79. The number of nitrogens with one attached hydrogen (secondary N) is 1. The molecule has 19 rings (SSSR count). The van der Waals surface area contributed by atoms with Gasteiger partial charge in [-0.2, -0.15) is 39.3 Å². The molecule has 0 unspecified atom stereocenters. The van der Waals surface area contributed by atoms with Gasteiger partial charge in [0.05, 0.1) is 78.8 Å². The Labute approximate surface area is 802 Å². The van der Waals surface area contributed by atoms with E-state index >= 15 is 0 Å². The van der Waals surface area contributed by atoms with Crippen LogP contribution < -0.4 is 62.9 Å². The minimum Gasteiger partial charge on any atom is -0.398 e. The predicted octanol–water partition coefficient (Wildman–Crippen LogP) is 16.3. The van der Waals surface area contributed by atoms with Gasteiger partial charge in [-0.1, -0.05) is 53.1 Å². The predicted molar refractivity (Wildman–Crippen MR) is 549 cm³/mol. The molecule has 48 heteroatoms. The maximum Gasteiger partial charge on any atom is 0.312 e. The van der Waals surface area contributed by atoms with E-state index < -0.39 is 6.08 Å². The first-order valence-electron chi connectivity index (χ1n) is 42.3. The lowest BCUT2D eigenvalue weighted by Gasteiger charge is -2.10. The second-order valence-electron chi connectivity index (χ2n) is 32.9. The number of aromatic nitrogens is 32. The Morgan fingerprint density at radius 2 is 0.796 bits per heavy atom. The zero-order chi connectivity index (χ0) is 97.6. The van der Waals surface area contributed by atoms with Crippen LogP contribution in [0.1, 0.15) is 251 Å². The Hall–Kier alpha value is -15.5. The molecule has 734 valence electrons. The third-order valence-electron chi connectivity index (χ3n) is 19.9. The lowest BCUT2D eigenvalue weighted by atomic mass is 10.2. The van der Waals surface area contributed by atoms with Crippen molar-refractivity contribution in [3.63, 3.8) is 0 Å². The lowest BCUT2D eigenvalue weighted by Crippen LogP contribution is -2.12. The van der Waals surface area contributed by atoms with Crippen LogP contribution in [-0.4, -0.2) is 168 Å². The van der Waals surface area contributed by atoms with Gasteiger partial charge in [-0.25, -0.2) is 69.5 Å². The van der Waals surface area contributed by atoms with E-state index in [1.54, 1.807) is 114 Å². The number of aromatic amines is 1. The molecule has 18 aromatic rings. The summed E-state index contributed by atoms with van der Waals surface area (Å²) >= 11 is 11.7. The number of fused-ring (bicyclic) bond motifs is 9. The van der Waals surface area contributed by atoms with E-state index in [1.165, 1.54) is 0 Å². The molecule has 0 saturated heterocycles. The van der Waals surface area contributed by atoms with Crippen molar-refractivity contribution in [1.29, 1.82) is 0 Å². The monoisotopic (exact) mass is 1920 g/mol. The number of halogens is 3. The van der Waals surface area contributed by atoms with Crippen LogP contribution in [0, 0.1) is 6.08 Å². The first-order chi connectivity index (χ1) is 62.9. The molecule has 18 aromatic heterocycles. The van der Waals surface area contributed by atoms with Crippen molar-refractivity contribution in [2.45, 2.75) is 235 Å². The molecule has 1 aliphatic rings. The molecule has 19 heterocycles. The zero-order valence-corrected chi connectivity index (χ0v) is 79.2. The van der Waals surface area contributed by atoms with Gasteiger partial charge in [0.2, 0.25) is 17.2 Å². The van der Waals surface area contributed by atoms with Crippen LogP contribution in [0.5, 0.6) is 0 Å². The van der Waals surface area contributed by atoms with Crippen molar-refractivity contribution >= 4 is 188 Å². The number of anilines is 9. The average molecular weight is 1920 g/mol. The summed E-state index contributed by atoms with van der Waals surface area (Å²) in [5.74, 6) is 2.36. The van der Waals surface area contributed by atoms with Gasteiger partial charge in [-0.05, 0) is 180 Å². The molecule has 0 fully saturated rings. The number of carbonyl (C=O) groups excluding carboxylic acids is 1. The number of ketones is 1. The lowest BCUT2D eigenvalue weighted by molar-refractivity contribution is 0.0996. The highest BCUT2D eigenvalue weighted by atomic mass is 35.5. The van der Waals surface area contributed by atoms with E-state index in [1.807, 2.05) is 143 Å². The van der Waals surface area contributed by atoms with Crippen LogP contribution in [0.2, 0.25) is 10.3 Å². The molecular formula is C89H130Cl2FN43O2. The molecular weight excluding hydrogens is 1790 g/mol. The highest BCUT2D eigenvalue weighted by Crippen LogP contribution is 2.30. The van der Waals surface area contributed by atoms with E-state index in [9.17, 15) is 14.0 Å². The van der Waals surface area contributed by atoms with Gasteiger partial charge < -0.3 is 98.4 Å². The number of rotatable bonds is 11. The number of hydrogen-bond donors (Lipinski definition) is 11. The van der Waals surface area contributed by atoms with Crippen molar-refractivity contribution in [1.82, 2.24) is 156 Å². The summed E-state index contributed by atoms with van der Waals surface area (Å²) in [6.45, 7) is 44.4. The van der Waals surface area contributed by atoms with Crippen LogP contribution in [0.25, 0.3) is 94.9 Å². The van der Waals surface area contributed by atoms with Gasteiger partial charge in [0.1, 0.15) is 44.7 Å². The summed E-state index contributed by atoms with van der Waals surface area (Å²) in [6.07, 6.45) is 23.5. The Balaban J connectivity index is 0.000000233. The summed E-state index contributed by atoms with van der Waals surface area (Å²) in [6, 6.07) is 12.0. The molecule has 137 heavy (non-hydrogen) atoms. The molecule has 0 atom stereocenters. The number of nitrogen functional groups attached to an aromatic ring is 9. The standard InChI is InChI=1S/C10H13N3.C9H10ClN3.C9H12N4.C9H11N3O.C8H10ClN5.C8H10FN5.C8H12N6.C8H11N5O.C8H11N5.C8H14N4.4CH4/c1-7(2)13-6-4-8-9(11)3-5-12-10(8)13;2*1-6(2)13-5-12-8-7(10)3-4-11-9(8)13;1-6(2)12-5-11-8-7(13)3-4-10-9(8)12;2*1-4(2)14-3-11-5-6(10)12-8(9)13-7(5)14;1-4(2)14-3-11-5-6(9)12-8(10)13-7(5)14;1-4(2)13-3-10-5-6(13)11-8(9)12-7(5)14;1-5(2)13-8-7(11-12-13)6(9)3-4-10-8;1-5(2)12-4-11-7(6(3)9)8(12)10;;;;/h3-7H,1-2H3,(H2,11,12);3-6H,1-2H3;3-6H,1-2H3,(H2,10,11);4-6H,3H2,1-2H3;2*3-4H,1-2H3,(H2,10,12,13);3-4H,1-2H3,(H4,9,10,12,13);3-4H,1-2H3,(H3,9,11,12,14);3-5H,1-2H3,(H2,9,10);4-5H,3,9-10H2,1-2H3;4*1H4. The molecule has 0 spiro atoms. The van der Waals surface area contributed by atoms with Crippen molar-refractivity contribution in [3.05, 3.63) is 157 Å². The molecule has 0 amide bonds. The smallest absolute Gasteiger partial charge is 0.312 e. The number of aliphatic imine (C=N–C) groups is 1. The first-order valence-corrected chi connectivity index (χ1v) is 43.0. The number of carbonyl (C=O) groups is 1. The second-order valence-corrected chi connectivity index (χ2v) is 33.6. The third kappa shape index (κ3) is 25.7. The second kappa shape index (κ2) is 47.9. The Morgan fingerprint density at radius 1 is 0.394 bits per heavy atom. The Bertz CT molecular complexity index is 6600. The average Bonchev–Trinajstić information content (AvgIpc) is 1.66. The number of hydrogen-bond acceptors (Lipinski definition) is 34. The Kier molecular flexibility index (Phi) is 38.6. The normalized spacial score (nSPS) is 11.3. The van der Waals surface area contributed by atoms with E-state index in [0.29, 0.717) is 144 Å². The molecule has 0 saturated carbocycles. The van der Waals surface area contributed by atoms with E-state index in [2.05, 4.69) is 168 Å². The highest BCUT2D eigenvalue weighted by molar-refractivity contribution is 6.34. The topological polar surface area (TPSA) is 642 Å². The summed E-state index contributed by atoms with van der Waals surface area (Å²) in [4.78, 5) is 106. The van der Waals surface area contributed by atoms with Gasteiger partial charge in [-0.3, -0.25) is 14.6 Å². The molecule has 0 aliphatic carbocycles. The van der Waals surface area contributed by atoms with Crippen LogP contribution in [0.3, 0.4) is 0 Å². The number of nitrogens with two attached hydrogens (primary N) is 10. The fourth-order valence-electron chi connectivity index (χ4n) is 12.9. The third-order valence-corrected chi connectivity index (χ3v) is 20.3. The molecule has 0 bridgehead atoms. The highest BCUT2D eigenvalue weighted by Gasteiger charge is 2.23. The van der Waals surface area contributed by atoms with Crippen LogP contribution in [-0.2, 0) is 0 Å². The van der Waals surface area contributed by atoms with Gasteiger partial charge in [-0.15, -0.1) is 5.10 Å². The first kappa shape index (κ1) is 110. The van der Waals surface area contributed by atoms with Crippen molar-refractivity contribution < 1.29 is 9.18 Å². The quantitative estimate of drug-likeness (QED) is 0.0536. The molecule has 0 aromatic carbocycles. The maximum atomic E-state index is 12.9. The fourth-order valence-corrected chi connectivity index (χ4v) is 13.3. The van der Waals surface area contributed by atoms with E-state index in [4.69, 9.17) is 80.5 Å². The number of H-pyrrole nitrogens is 1. The van der Waals surface area contributed by atoms with E-state index in [0.717, 1.165) is 44.7 Å². The van der Waals surface area contributed by atoms with Gasteiger partial charge in [0.25, 0.3) is 5.56 Å². The number of pyridine rings is 4. The fraction of sp³-hybridized carbons (Fsp3) is 0.393. The SMILES string of the molecule is C.C.C.C.C=C(N)c1ncn(C(C)C)c1N.CC(C)n1ccc2c(N)ccnc21.CC(C)n1cnc2c(=O)[nH]c(N)nc21.CC(C)n1cnc2c(Cl)ccnc21.CC(C)n1cnc2c(N)ccnc21.CC(C)n1cnc2c(N)nc(Cl)nc21.CC(C)n1cnc2c(N)nc(F)nc21.CC(C)n1cnc2c(N)nc(N)nc21.CC(C)n1cnc2c1N=CCC2=O.CC(C)n1nnc2c(N)ccnc21. The van der Waals surface area contributed by atoms with Crippen LogP contribution >= 0.6 is 23.2 Å². The number of imidazole rings is 8. The van der Waals surface area contributed by atoms with Crippen molar-refractivity contribution in [2.75, 3.05) is 51.6 Å². The number of nitrogens with zero attached hydrogens (tertiary/aromatic N) is 32. The van der Waals surface area contributed by atoms with Crippen molar-refractivity contribution in [2.24, 2.45) is 10.7 Å². The van der Waals surface area contributed by atoms with Gasteiger partial charge >= 0.3 is 6.08 Å². The summed E-state index contributed by atoms with van der Waals surface area (Å²) < 4.78 is 31.9. The largest absolute Gasteiger partial charge is 0.398 e. The summed E-state index contributed by atoms with van der Waals surface area (Å²) in [5.41, 5.74) is 69.6. The molecule has 21 N–H and O–H groups in total. The molecule has 0 radical (unpaired) electrons. The van der Waals surface area contributed by atoms with Crippen molar-refractivity contribution in [3.8, 4) is 0 Å². The minimum absolute atomic E-state index is 0. The van der Waals surface area contributed by atoms with E-state index in [-0.39, 0.29) is 94.3 Å². The minimum atomic E-state index is -0.822. The van der Waals surface area contributed by atoms with Gasteiger partial charge in [0.15, 0.2) is 85.3 Å². The molecule has 1 aliphatic heterocycles. The number of Topliss-reactive ketones (excluding diaryl/α,β-unsaturated/α-hetero) is 1. The zero-order valence-electron chi connectivity index (χ0n) is 77.7.